The molecule has 0 unspecified atom stereocenters. The Hall–Kier alpha value is -1.84. The number of rotatable bonds is 8. The molecule has 21 heavy (non-hydrogen) atoms. The van der Waals surface area contributed by atoms with Crippen LogP contribution in [0.5, 0.6) is 0 Å². The summed E-state index contributed by atoms with van der Waals surface area (Å²) in [6, 6.07) is 7.18. The Labute approximate surface area is 127 Å². The third-order valence-electron chi connectivity index (χ3n) is 3.14. The van der Waals surface area contributed by atoms with Gasteiger partial charge in [0.15, 0.2) is 0 Å². The van der Waals surface area contributed by atoms with Crippen molar-refractivity contribution < 1.29 is 9.59 Å². The third kappa shape index (κ3) is 5.58. The quantitative estimate of drug-likeness (QED) is 0.794. The minimum absolute atomic E-state index is 0.0129. The summed E-state index contributed by atoms with van der Waals surface area (Å²) >= 11 is 0. The van der Waals surface area contributed by atoms with Crippen LogP contribution in [-0.4, -0.2) is 29.8 Å². The van der Waals surface area contributed by atoms with Crippen LogP contribution >= 0.6 is 0 Å². The highest BCUT2D eigenvalue weighted by Crippen LogP contribution is 2.14. The van der Waals surface area contributed by atoms with Gasteiger partial charge in [-0.1, -0.05) is 26.8 Å². The van der Waals surface area contributed by atoms with Gasteiger partial charge in [-0.3, -0.25) is 9.59 Å². The van der Waals surface area contributed by atoms with Crippen molar-refractivity contribution in [1.82, 2.24) is 4.90 Å². The average molecular weight is 290 g/mol. The van der Waals surface area contributed by atoms with Crippen molar-refractivity contribution in [3.05, 3.63) is 29.8 Å². The number of anilines is 1. The molecular formula is C17H26N2O2. The first-order valence-electron chi connectivity index (χ1n) is 7.81. The highest BCUT2D eigenvalue weighted by atomic mass is 16.2. The lowest BCUT2D eigenvalue weighted by Gasteiger charge is -2.21. The van der Waals surface area contributed by atoms with Crippen LogP contribution in [0.3, 0.4) is 0 Å². The fourth-order valence-corrected chi connectivity index (χ4v) is 2.22. The van der Waals surface area contributed by atoms with Crippen LogP contribution in [-0.2, 0) is 4.79 Å². The number of benzene rings is 1. The fourth-order valence-electron chi connectivity index (χ4n) is 2.22. The molecule has 0 bridgehead atoms. The summed E-state index contributed by atoms with van der Waals surface area (Å²) in [5, 5.41) is 2.83. The largest absolute Gasteiger partial charge is 0.339 e. The van der Waals surface area contributed by atoms with Crippen LogP contribution in [0.1, 0.15) is 56.8 Å². The molecule has 0 radical (unpaired) electrons. The molecular weight excluding hydrogens is 264 g/mol. The molecule has 116 valence electrons. The fraction of sp³-hybridized carbons (Fsp3) is 0.529. The van der Waals surface area contributed by atoms with E-state index in [9.17, 15) is 9.59 Å². The molecule has 1 N–H and O–H groups in total. The van der Waals surface area contributed by atoms with Crippen LogP contribution in [0.25, 0.3) is 0 Å². The first-order chi connectivity index (χ1) is 10.1. The SMILES string of the molecule is CCCC(=O)Nc1cccc(C(=O)N(CCC)CCC)c1. The van der Waals surface area contributed by atoms with E-state index in [1.807, 2.05) is 24.0 Å². The molecule has 0 atom stereocenters. The van der Waals surface area contributed by atoms with E-state index in [-0.39, 0.29) is 11.8 Å². The van der Waals surface area contributed by atoms with E-state index in [0.29, 0.717) is 17.7 Å². The Morgan fingerprint density at radius 1 is 1.05 bits per heavy atom. The Bertz CT molecular complexity index is 466. The molecule has 2 amide bonds. The summed E-state index contributed by atoms with van der Waals surface area (Å²) in [5.41, 5.74) is 1.32. The zero-order valence-corrected chi connectivity index (χ0v) is 13.3. The lowest BCUT2D eigenvalue weighted by atomic mass is 10.1. The second kappa shape index (κ2) is 9.16. The Morgan fingerprint density at radius 2 is 1.71 bits per heavy atom. The Kier molecular flexibility index (Phi) is 7.51. The first kappa shape index (κ1) is 17.2. The molecule has 0 fully saturated rings. The normalized spacial score (nSPS) is 10.2. The lowest BCUT2D eigenvalue weighted by molar-refractivity contribution is -0.116. The summed E-state index contributed by atoms with van der Waals surface area (Å²) in [5.74, 6) is 0.0198. The molecule has 1 rings (SSSR count). The molecule has 0 spiro atoms. The van der Waals surface area contributed by atoms with E-state index in [2.05, 4.69) is 19.2 Å². The van der Waals surface area contributed by atoms with E-state index in [4.69, 9.17) is 0 Å². The van der Waals surface area contributed by atoms with Gasteiger partial charge in [-0.15, -0.1) is 0 Å². The summed E-state index contributed by atoms with van der Waals surface area (Å²) in [6.07, 6.45) is 3.19. The molecule has 0 heterocycles. The predicted molar refractivity (Wildman–Crippen MR) is 86.5 cm³/mol. The second-order valence-electron chi connectivity index (χ2n) is 5.17. The number of amides is 2. The van der Waals surface area contributed by atoms with Crippen LogP contribution in [0.2, 0.25) is 0 Å². The molecule has 0 aliphatic rings. The molecule has 0 aliphatic carbocycles. The average Bonchev–Trinajstić information content (AvgIpc) is 2.47. The zero-order valence-electron chi connectivity index (χ0n) is 13.3. The highest BCUT2D eigenvalue weighted by Gasteiger charge is 2.14. The number of hydrogen-bond donors (Lipinski definition) is 1. The number of nitrogens with zero attached hydrogens (tertiary/aromatic N) is 1. The topological polar surface area (TPSA) is 49.4 Å². The van der Waals surface area contributed by atoms with Gasteiger partial charge in [-0.2, -0.15) is 0 Å². The number of carbonyl (C=O) groups is 2. The predicted octanol–water partition coefficient (Wildman–Crippen LogP) is 3.69. The van der Waals surface area contributed by atoms with Crippen molar-refractivity contribution >= 4 is 17.5 Å². The van der Waals surface area contributed by atoms with Crippen molar-refractivity contribution in [2.24, 2.45) is 0 Å². The van der Waals surface area contributed by atoms with Gasteiger partial charge in [-0.25, -0.2) is 0 Å². The number of nitrogens with one attached hydrogen (secondary N) is 1. The maximum atomic E-state index is 12.5. The van der Waals surface area contributed by atoms with Gasteiger partial charge < -0.3 is 10.2 Å². The number of hydrogen-bond acceptors (Lipinski definition) is 2. The minimum atomic E-state index is -0.0129. The highest BCUT2D eigenvalue weighted by molar-refractivity contribution is 5.97. The molecule has 1 aromatic rings. The van der Waals surface area contributed by atoms with Crippen LogP contribution in [0.15, 0.2) is 24.3 Å². The van der Waals surface area contributed by atoms with E-state index in [0.717, 1.165) is 32.4 Å². The summed E-state index contributed by atoms with van der Waals surface area (Å²) in [6.45, 7) is 7.62. The zero-order chi connectivity index (χ0) is 15.7. The summed E-state index contributed by atoms with van der Waals surface area (Å²) in [7, 11) is 0. The Balaban J connectivity index is 2.82. The maximum Gasteiger partial charge on any atom is 0.253 e. The van der Waals surface area contributed by atoms with Crippen molar-refractivity contribution in [1.29, 1.82) is 0 Å². The van der Waals surface area contributed by atoms with E-state index < -0.39 is 0 Å². The van der Waals surface area contributed by atoms with Crippen molar-refractivity contribution in [2.45, 2.75) is 46.5 Å². The second-order valence-corrected chi connectivity index (χ2v) is 5.17. The minimum Gasteiger partial charge on any atom is -0.339 e. The van der Waals surface area contributed by atoms with Crippen LogP contribution < -0.4 is 5.32 Å². The molecule has 0 aliphatic heterocycles. The van der Waals surface area contributed by atoms with E-state index in [1.54, 1.807) is 12.1 Å². The van der Waals surface area contributed by atoms with Crippen molar-refractivity contribution in [3.63, 3.8) is 0 Å². The monoisotopic (exact) mass is 290 g/mol. The van der Waals surface area contributed by atoms with Gasteiger partial charge in [0.1, 0.15) is 0 Å². The van der Waals surface area contributed by atoms with Gasteiger partial charge in [0.25, 0.3) is 5.91 Å². The number of carbonyl (C=O) groups excluding carboxylic acids is 2. The smallest absolute Gasteiger partial charge is 0.253 e. The summed E-state index contributed by atoms with van der Waals surface area (Å²) < 4.78 is 0. The molecule has 0 saturated carbocycles. The van der Waals surface area contributed by atoms with Crippen molar-refractivity contribution in [3.8, 4) is 0 Å². The van der Waals surface area contributed by atoms with Gasteiger partial charge >= 0.3 is 0 Å². The lowest BCUT2D eigenvalue weighted by Crippen LogP contribution is -2.32. The molecule has 0 aromatic heterocycles. The van der Waals surface area contributed by atoms with Crippen molar-refractivity contribution in [2.75, 3.05) is 18.4 Å². The van der Waals surface area contributed by atoms with E-state index >= 15 is 0 Å². The Morgan fingerprint density at radius 3 is 2.29 bits per heavy atom. The standard InChI is InChI=1S/C17H26N2O2/c1-4-8-16(20)18-15-10-7-9-14(13-15)17(21)19(11-5-2)12-6-3/h7,9-10,13H,4-6,8,11-12H2,1-3H3,(H,18,20). The van der Waals surface area contributed by atoms with Gasteiger partial charge in [0.2, 0.25) is 5.91 Å². The molecule has 1 aromatic carbocycles. The maximum absolute atomic E-state index is 12.5. The van der Waals surface area contributed by atoms with Crippen LogP contribution in [0, 0.1) is 0 Å². The molecule has 0 saturated heterocycles. The van der Waals surface area contributed by atoms with Gasteiger partial charge in [-0.05, 0) is 37.5 Å². The van der Waals surface area contributed by atoms with Crippen LogP contribution in [0.4, 0.5) is 5.69 Å². The third-order valence-corrected chi connectivity index (χ3v) is 3.14. The molecule has 4 nitrogen and oxygen atoms in total. The van der Waals surface area contributed by atoms with Gasteiger partial charge in [0, 0.05) is 30.8 Å². The van der Waals surface area contributed by atoms with E-state index in [1.165, 1.54) is 0 Å². The summed E-state index contributed by atoms with van der Waals surface area (Å²) in [4.78, 5) is 26.0. The molecule has 4 heteroatoms. The first-order valence-corrected chi connectivity index (χ1v) is 7.81. The van der Waals surface area contributed by atoms with Gasteiger partial charge in [0.05, 0.1) is 0 Å².